The molecule has 0 radical (unpaired) electrons. The largest absolute Gasteiger partial charge is 0.396 e. The van der Waals surface area contributed by atoms with Gasteiger partial charge in [-0.05, 0) is 37.0 Å². The molecule has 0 saturated carbocycles. The van der Waals surface area contributed by atoms with Crippen LogP contribution in [0.4, 0.5) is 23.5 Å². The van der Waals surface area contributed by atoms with Gasteiger partial charge in [0.1, 0.15) is 0 Å². The van der Waals surface area contributed by atoms with Crippen LogP contribution in [0.1, 0.15) is 37.0 Å². The van der Waals surface area contributed by atoms with E-state index in [9.17, 15) is 4.79 Å². The van der Waals surface area contributed by atoms with Crippen molar-refractivity contribution < 1.29 is 19.4 Å². The number of aliphatic hydroxyl groups is 1. The SMILES string of the molecule is CC(C)CCNc1nc(NCCCO)nc(Nc2cccc(C(=O)NCCOCCOCCN)c2)n1. The van der Waals surface area contributed by atoms with Crippen molar-refractivity contribution in [2.75, 3.05) is 75.2 Å². The molecular formula is C24H40N8O4. The maximum Gasteiger partial charge on any atom is 0.251 e. The molecule has 1 amide bonds. The molecule has 0 atom stereocenters. The van der Waals surface area contributed by atoms with Gasteiger partial charge in [0, 0.05) is 44.0 Å². The summed E-state index contributed by atoms with van der Waals surface area (Å²) in [7, 11) is 0. The maximum absolute atomic E-state index is 12.5. The third kappa shape index (κ3) is 12.1. The lowest BCUT2D eigenvalue weighted by Gasteiger charge is -2.12. The molecule has 2 rings (SSSR count). The van der Waals surface area contributed by atoms with Crippen LogP contribution in [0.3, 0.4) is 0 Å². The quantitative estimate of drug-likeness (QED) is 0.154. The number of rotatable bonds is 19. The van der Waals surface area contributed by atoms with Gasteiger partial charge >= 0.3 is 0 Å². The van der Waals surface area contributed by atoms with E-state index in [1.54, 1.807) is 18.2 Å². The third-order valence-corrected chi connectivity index (χ3v) is 4.81. The lowest BCUT2D eigenvalue weighted by atomic mass is 10.1. The second kappa shape index (κ2) is 17.4. The maximum atomic E-state index is 12.5. The molecule has 200 valence electrons. The Bertz CT molecular complexity index is 900. The number of amides is 1. The first kappa shape index (κ1) is 29.2. The van der Waals surface area contributed by atoms with Crippen LogP contribution in [0.5, 0.6) is 0 Å². The second-order valence-electron chi connectivity index (χ2n) is 8.39. The zero-order valence-electron chi connectivity index (χ0n) is 21.3. The molecule has 1 aromatic heterocycles. The first-order valence-electron chi connectivity index (χ1n) is 12.4. The molecule has 7 N–H and O–H groups in total. The van der Waals surface area contributed by atoms with E-state index in [0.717, 1.165) is 13.0 Å². The first-order chi connectivity index (χ1) is 17.5. The van der Waals surface area contributed by atoms with Crippen molar-refractivity contribution in [1.82, 2.24) is 20.3 Å². The summed E-state index contributed by atoms with van der Waals surface area (Å²) in [4.78, 5) is 25.8. The fraction of sp³-hybridized carbons (Fsp3) is 0.583. The Balaban J connectivity index is 1.95. The minimum absolute atomic E-state index is 0.0763. The summed E-state index contributed by atoms with van der Waals surface area (Å²) >= 11 is 0. The smallest absolute Gasteiger partial charge is 0.251 e. The molecule has 0 bridgehead atoms. The number of aromatic nitrogens is 3. The van der Waals surface area contributed by atoms with E-state index < -0.39 is 0 Å². The zero-order chi connectivity index (χ0) is 26.0. The first-order valence-corrected chi connectivity index (χ1v) is 12.4. The van der Waals surface area contributed by atoms with Crippen LogP contribution in [0.15, 0.2) is 24.3 Å². The molecule has 36 heavy (non-hydrogen) atoms. The Morgan fingerprint density at radius 3 is 2.36 bits per heavy atom. The van der Waals surface area contributed by atoms with Crippen molar-refractivity contribution in [3.8, 4) is 0 Å². The van der Waals surface area contributed by atoms with Gasteiger partial charge in [0.15, 0.2) is 0 Å². The number of nitrogens with one attached hydrogen (secondary N) is 4. The van der Waals surface area contributed by atoms with Crippen molar-refractivity contribution in [1.29, 1.82) is 0 Å². The molecule has 2 aromatic rings. The Hall–Kier alpha value is -3.06. The highest BCUT2D eigenvalue weighted by Gasteiger charge is 2.10. The van der Waals surface area contributed by atoms with E-state index in [2.05, 4.69) is 50.1 Å². The Labute approximate surface area is 212 Å². The molecule has 1 heterocycles. The number of anilines is 4. The molecule has 12 nitrogen and oxygen atoms in total. The number of aliphatic hydroxyl groups excluding tert-OH is 1. The van der Waals surface area contributed by atoms with Gasteiger partial charge < -0.3 is 41.6 Å². The third-order valence-electron chi connectivity index (χ3n) is 4.81. The van der Waals surface area contributed by atoms with E-state index in [-0.39, 0.29) is 12.5 Å². The Morgan fingerprint density at radius 1 is 0.972 bits per heavy atom. The van der Waals surface area contributed by atoms with E-state index in [0.29, 0.717) is 87.5 Å². The molecular weight excluding hydrogens is 464 g/mol. The summed E-state index contributed by atoms with van der Waals surface area (Å²) < 4.78 is 10.7. The number of ether oxygens (including phenoxy) is 2. The number of hydrogen-bond acceptors (Lipinski definition) is 11. The lowest BCUT2D eigenvalue weighted by Crippen LogP contribution is -2.27. The normalized spacial score (nSPS) is 10.9. The van der Waals surface area contributed by atoms with Crippen LogP contribution in [0, 0.1) is 5.92 Å². The summed E-state index contributed by atoms with van der Waals surface area (Å²) in [5, 5.41) is 21.4. The van der Waals surface area contributed by atoms with Crippen molar-refractivity contribution >= 4 is 29.4 Å². The van der Waals surface area contributed by atoms with Gasteiger partial charge in [-0.2, -0.15) is 15.0 Å². The number of benzene rings is 1. The fourth-order valence-corrected chi connectivity index (χ4v) is 2.95. The molecule has 0 aliphatic carbocycles. The van der Waals surface area contributed by atoms with E-state index in [1.165, 1.54) is 0 Å². The summed E-state index contributed by atoms with van der Waals surface area (Å²) in [6.45, 7) is 8.34. The van der Waals surface area contributed by atoms with Gasteiger partial charge in [-0.1, -0.05) is 19.9 Å². The van der Waals surface area contributed by atoms with Gasteiger partial charge in [0.05, 0.1) is 26.4 Å². The van der Waals surface area contributed by atoms with Crippen molar-refractivity contribution in [3.05, 3.63) is 29.8 Å². The zero-order valence-corrected chi connectivity index (χ0v) is 21.3. The Kier molecular flexibility index (Phi) is 14.1. The summed E-state index contributed by atoms with van der Waals surface area (Å²) in [5.41, 5.74) is 6.52. The number of nitrogens with zero attached hydrogens (tertiary/aromatic N) is 3. The second-order valence-corrected chi connectivity index (χ2v) is 8.39. The number of carbonyl (C=O) groups excluding carboxylic acids is 1. The van der Waals surface area contributed by atoms with Crippen LogP contribution in [0.2, 0.25) is 0 Å². The van der Waals surface area contributed by atoms with Crippen LogP contribution in [0.25, 0.3) is 0 Å². The Morgan fingerprint density at radius 2 is 1.67 bits per heavy atom. The molecule has 0 saturated heterocycles. The molecule has 0 fully saturated rings. The summed E-state index contributed by atoms with van der Waals surface area (Å²) in [5.74, 6) is 1.53. The molecule has 0 spiro atoms. The topological polar surface area (TPSA) is 169 Å². The van der Waals surface area contributed by atoms with Gasteiger partial charge in [-0.15, -0.1) is 0 Å². The van der Waals surface area contributed by atoms with Gasteiger partial charge in [0.25, 0.3) is 5.91 Å². The highest BCUT2D eigenvalue weighted by Crippen LogP contribution is 2.17. The predicted octanol–water partition coefficient (Wildman–Crippen LogP) is 1.59. The average Bonchev–Trinajstić information content (AvgIpc) is 2.85. The van der Waals surface area contributed by atoms with E-state index in [1.807, 2.05) is 6.07 Å². The van der Waals surface area contributed by atoms with E-state index >= 15 is 0 Å². The molecule has 0 aliphatic heterocycles. The minimum atomic E-state index is -0.209. The molecule has 0 aliphatic rings. The van der Waals surface area contributed by atoms with E-state index in [4.69, 9.17) is 20.3 Å². The van der Waals surface area contributed by atoms with Crippen molar-refractivity contribution in [2.24, 2.45) is 11.7 Å². The molecule has 1 aromatic carbocycles. The van der Waals surface area contributed by atoms with Gasteiger partial charge in [0.2, 0.25) is 17.8 Å². The fourth-order valence-electron chi connectivity index (χ4n) is 2.95. The van der Waals surface area contributed by atoms with Crippen molar-refractivity contribution in [2.45, 2.75) is 26.7 Å². The van der Waals surface area contributed by atoms with Crippen LogP contribution in [-0.2, 0) is 9.47 Å². The summed E-state index contributed by atoms with van der Waals surface area (Å²) in [6.07, 6.45) is 1.56. The minimum Gasteiger partial charge on any atom is -0.396 e. The lowest BCUT2D eigenvalue weighted by molar-refractivity contribution is 0.0511. The highest BCUT2D eigenvalue weighted by molar-refractivity contribution is 5.95. The molecule has 0 unspecified atom stereocenters. The number of nitrogens with two attached hydrogens (primary N) is 1. The monoisotopic (exact) mass is 504 g/mol. The van der Waals surface area contributed by atoms with Gasteiger partial charge in [-0.3, -0.25) is 4.79 Å². The average molecular weight is 505 g/mol. The summed E-state index contributed by atoms with van der Waals surface area (Å²) in [6, 6.07) is 7.07. The standard InChI is InChI=1S/C24H40N8O4/c1-18(2)7-10-28-23-30-22(27-9-4-12-33)31-24(32-23)29-20-6-3-5-19(17-20)21(34)26-11-14-36-16-15-35-13-8-25/h3,5-6,17-18,33H,4,7-16,25H2,1-2H3,(H,26,34)(H3,27,28,29,30,31,32). The van der Waals surface area contributed by atoms with Crippen molar-refractivity contribution in [3.63, 3.8) is 0 Å². The van der Waals surface area contributed by atoms with Crippen LogP contribution < -0.4 is 27.0 Å². The molecule has 12 heteroatoms. The van der Waals surface area contributed by atoms with Gasteiger partial charge in [-0.25, -0.2) is 0 Å². The predicted molar refractivity (Wildman–Crippen MR) is 141 cm³/mol. The van der Waals surface area contributed by atoms with Crippen LogP contribution >= 0.6 is 0 Å². The van der Waals surface area contributed by atoms with Crippen LogP contribution in [-0.4, -0.2) is 85.2 Å². The number of hydrogen-bond donors (Lipinski definition) is 6. The number of carbonyl (C=O) groups is 1. The highest BCUT2D eigenvalue weighted by atomic mass is 16.5.